The van der Waals surface area contributed by atoms with Gasteiger partial charge in [-0.25, -0.2) is 0 Å². The summed E-state index contributed by atoms with van der Waals surface area (Å²) in [6.45, 7) is 2.68. The molecule has 12 unspecified atom stereocenters. The molecule has 0 aliphatic carbocycles. The van der Waals surface area contributed by atoms with Crippen LogP contribution in [0.1, 0.15) is 194 Å². The number of rotatable bonds is 41. The minimum Gasteiger partial charge on any atom is -0.394 e. The Bertz CT molecular complexity index is 1330. The van der Waals surface area contributed by atoms with E-state index in [9.17, 15) is 45.6 Å². The van der Waals surface area contributed by atoms with Crippen LogP contribution in [0.4, 0.5) is 0 Å². The molecule has 0 radical (unpaired) electrons. The molecule has 68 heavy (non-hydrogen) atoms. The lowest BCUT2D eigenvalue weighted by atomic mass is 9.97. The van der Waals surface area contributed by atoms with Crippen molar-refractivity contribution in [1.82, 2.24) is 5.32 Å². The topological polar surface area (TPSA) is 228 Å². The standard InChI is InChI=1S/C54H97NO13/c1-3-5-7-9-11-13-15-16-17-18-19-20-21-22-23-24-25-26-28-30-32-34-36-38-46(59)55-42(43(58)37-35-33-31-29-27-14-12-10-8-6-4-2)41-65-53-51(64)49(62)52(45(40-57)67-53)68-54-50(63)48(61)47(60)44(39-56)66-54/h8,10,18-19,27,29,35,37,42-45,47-54,56-58,60-64H,3-7,9,11-17,20-26,28,30-34,36,38-41H2,1-2H3,(H,55,59)/b10-8+,19-18-,29-27+,37-35+. The highest BCUT2D eigenvalue weighted by Gasteiger charge is 2.51. The summed E-state index contributed by atoms with van der Waals surface area (Å²) in [5.74, 6) is -0.257. The smallest absolute Gasteiger partial charge is 0.220 e. The van der Waals surface area contributed by atoms with Gasteiger partial charge in [0.2, 0.25) is 5.91 Å². The Labute approximate surface area is 410 Å². The SMILES string of the molecule is CCC/C=C/CC/C=C/CC/C=C/C(O)C(COC1OC(CO)C(OC2OC(CO)C(O)C(O)C2O)C(O)C1O)NC(=O)CCCCCCCCCCCCC/C=C\CCCCCCCCCC. The Kier molecular flexibility index (Phi) is 37.0. The summed E-state index contributed by atoms with van der Waals surface area (Å²) in [5, 5.41) is 86.7. The van der Waals surface area contributed by atoms with Gasteiger partial charge in [0.05, 0.1) is 32.0 Å². The molecule has 2 fully saturated rings. The third-order valence-corrected chi connectivity index (χ3v) is 12.9. The van der Waals surface area contributed by atoms with E-state index in [0.717, 1.165) is 51.4 Å². The van der Waals surface area contributed by atoms with Crippen LogP contribution in [0.5, 0.6) is 0 Å². The second-order valence-corrected chi connectivity index (χ2v) is 19.0. The highest BCUT2D eigenvalue weighted by molar-refractivity contribution is 5.76. The zero-order chi connectivity index (χ0) is 49.6. The van der Waals surface area contributed by atoms with Crippen LogP contribution in [0.3, 0.4) is 0 Å². The summed E-state index contributed by atoms with van der Waals surface area (Å²) < 4.78 is 22.7. The molecule has 12 atom stereocenters. The third-order valence-electron chi connectivity index (χ3n) is 12.9. The maximum absolute atomic E-state index is 13.2. The molecule has 0 aromatic carbocycles. The number of aliphatic hydroxyl groups excluding tert-OH is 8. The van der Waals surface area contributed by atoms with Crippen molar-refractivity contribution in [3.8, 4) is 0 Å². The first-order valence-electron chi connectivity index (χ1n) is 26.9. The highest BCUT2D eigenvalue weighted by atomic mass is 16.7. The molecule has 9 N–H and O–H groups in total. The van der Waals surface area contributed by atoms with Gasteiger partial charge >= 0.3 is 0 Å². The number of unbranched alkanes of at least 4 members (excludes halogenated alkanes) is 22. The summed E-state index contributed by atoms with van der Waals surface area (Å²) in [5.41, 5.74) is 0. The van der Waals surface area contributed by atoms with Crippen molar-refractivity contribution >= 4 is 5.91 Å². The van der Waals surface area contributed by atoms with Gasteiger partial charge < -0.3 is 65.1 Å². The minimum absolute atomic E-state index is 0.257. The lowest BCUT2D eigenvalue weighted by molar-refractivity contribution is -0.359. The van der Waals surface area contributed by atoms with Crippen molar-refractivity contribution in [3.05, 3.63) is 48.6 Å². The van der Waals surface area contributed by atoms with Gasteiger partial charge in [-0.15, -0.1) is 0 Å². The average Bonchev–Trinajstić information content (AvgIpc) is 3.34. The molecule has 2 saturated heterocycles. The van der Waals surface area contributed by atoms with Crippen molar-refractivity contribution in [3.63, 3.8) is 0 Å². The lowest BCUT2D eigenvalue weighted by Gasteiger charge is -2.46. The molecule has 14 heteroatoms. The first-order valence-corrected chi connectivity index (χ1v) is 26.9. The van der Waals surface area contributed by atoms with Crippen LogP contribution in [0.2, 0.25) is 0 Å². The first kappa shape index (κ1) is 62.1. The molecule has 0 aromatic rings. The normalized spacial score (nSPS) is 26.7. The summed E-state index contributed by atoms with van der Waals surface area (Å²) in [6, 6.07) is -0.936. The molecule has 0 bridgehead atoms. The van der Waals surface area contributed by atoms with Crippen LogP contribution in [-0.4, -0.2) is 140 Å². The summed E-state index contributed by atoms with van der Waals surface area (Å²) in [7, 11) is 0. The minimum atomic E-state index is -1.79. The lowest BCUT2D eigenvalue weighted by Crippen LogP contribution is -2.65. The van der Waals surface area contributed by atoms with Crippen LogP contribution in [0.15, 0.2) is 48.6 Å². The Balaban J connectivity index is 1.77. The number of carbonyl (C=O) groups excluding carboxylic acids is 1. The van der Waals surface area contributed by atoms with E-state index in [0.29, 0.717) is 12.8 Å². The fraction of sp³-hybridized carbons (Fsp3) is 0.833. The maximum Gasteiger partial charge on any atom is 0.220 e. The molecule has 2 rings (SSSR count). The van der Waals surface area contributed by atoms with Crippen molar-refractivity contribution in [2.24, 2.45) is 0 Å². The quantitative estimate of drug-likeness (QED) is 0.0212. The monoisotopic (exact) mass is 968 g/mol. The van der Waals surface area contributed by atoms with Gasteiger partial charge in [0.25, 0.3) is 0 Å². The predicted molar refractivity (Wildman–Crippen MR) is 267 cm³/mol. The van der Waals surface area contributed by atoms with E-state index in [2.05, 4.69) is 55.6 Å². The molecule has 396 valence electrons. The van der Waals surface area contributed by atoms with Gasteiger partial charge in [0.1, 0.15) is 48.8 Å². The second-order valence-electron chi connectivity index (χ2n) is 19.0. The summed E-state index contributed by atoms with van der Waals surface area (Å²) in [6.07, 6.45) is 31.7. The van der Waals surface area contributed by atoms with Crippen LogP contribution in [-0.2, 0) is 23.7 Å². The van der Waals surface area contributed by atoms with Crippen LogP contribution < -0.4 is 5.32 Å². The Morgan fingerprint density at radius 3 is 1.50 bits per heavy atom. The molecule has 14 nitrogen and oxygen atoms in total. The van der Waals surface area contributed by atoms with Crippen LogP contribution in [0.25, 0.3) is 0 Å². The van der Waals surface area contributed by atoms with Gasteiger partial charge in [-0.05, 0) is 64.2 Å². The van der Waals surface area contributed by atoms with E-state index in [1.165, 1.54) is 109 Å². The second kappa shape index (κ2) is 40.5. The molecule has 2 aliphatic heterocycles. The first-order chi connectivity index (χ1) is 33.1. The summed E-state index contributed by atoms with van der Waals surface area (Å²) in [4.78, 5) is 13.2. The number of ether oxygens (including phenoxy) is 4. The Morgan fingerprint density at radius 2 is 0.971 bits per heavy atom. The van der Waals surface area contributed by atoms with Gasteiger partial charge in [-0.2, -0.15) is 0 Å². The van der Waals surface area contributed by atoms with E-state index >= 15 is 0 Å². The number of carbonyl (C=O) groups is 1. The predicted octanol–water partition coefficient (Wildman–Crippen LogP) is 7.66. The fourth-order valence-electron chi connectivity index (χ4n) is 8.56. The number of amides is 1. The number of hydrogen-bond donors (Lipinski definition) is 9. The number of hydrogen-bond acceptors (Lipinski definition) is 13. The average molecular weight is 968 g/mol. The van der Waals surface area contributed by atoms with Crippen LogP contribution >= 0.6 is 0 Å². The number of aliphatic hydroxyl groups is 8. The molecule has 1 amide bonds. The summed E-state index contributed by atoms with van der Waals surface area (Å²) >= 11 is 0. The van der Waals surface area contributed by atoms with Gasteiger partial charge in [0, 0.05) is 6.42 Å². The van der Waals surface area contributed by atoms with Crippen molar-refractivity contribution in [1.29, 1.82) is 0 Å². The third kappa shape index (κ3) is 27.0. The van der Waals surface area contributed by atoms with Crippen LogP contribution in [0, 0.1) is 0 Å². The van der Waals surface area contributed by atoms with E-state index in [1.807, 2.05) is 6.08 Å². The molecule has 0 aromatic heterocycles. The zero-order valence-electron chi connectivity index (χ0n) is 42.1. The van der Waals surface area contributed by atoms with E-state index in [4.69, 9.17) is 18.9 Å². The fourth-order valence-corrected chi connectivity index (χ4v) is 8.56. The van der Waals surface area contributed by atoms with Crippen molar-refractivity contribution in [2.45, 2.75) is 267 Å². The molecule has 0 saturated carbocycles. The largest absolute Gasteiger partial charge is 0.394 e. The van der Waals surface area contributed by atoms with E-state index in [-0.39, 0.29) is 18.9 Å². The van der Waals surface area contributed by atoms with Gasteiger partial charge in [-0.1, -0.05) is 172 Å². The molecular formula is C54H97NO13. The van der Waals surface area contributed by atoms with Crippen molar-refractivity contribution in [2.75, 3.05) is 19.8 Å². The Morgan fingerprint density at radius 1 is 0.515 bits per heavy atom. The highest BCUT2D eigenvalue weighted by Crippen LogP contribution is 2.30. The molecule has 2 aliphatic rings. The van der Waals surface area contributed by atoms with E-state index < -0.39 is 86.8 Å². The number of allylic oxidation sites excluding steroid dienone is 7. The number of nitrogens with one attached hydrogen (secondary N) is 1. The van der Waals surface area contributed by atoms with Gasteiger partial charge in [-0.3, -0.25) is 4.79 Å². The zero-order valence-corrected chi connectivity index (χ0v) is 42.1. The van der Waals surface area contributed by atoms with Crippen molar-refractivity contribution < 1.29 is 64.6 Å². The maximum atomic E-state index is 13.2. The molecule has 2 heterocycles. The molecule has 0 spiro atoms. The molecular weight excluding hydrogens is 871 g/mol. The van der Waals surface area contributed by atoms with E-state index in [1.54, 1.807) is 6.08 Å². The van der Waals surface area contributed by atoms with Gasteiger partial charge in [0.15, 0.2) is 12.6 Å². The Hall–Kier alpha value is -2.05.